The maximum absolute atomic E-state index is 13.0. The molecular weight excluding hydrogens is 394 g/mol. The molecule has 3 amide bonds. The molecular formula is C23H31N5O3. The van der Waals surface area contributed by atoms with Crippen LogP contribution in [0.1, 0.15) is 48.7 Å². The molecule has 8 heteroatoms. The first kappa shape index (κ1) is 22.5. The number of hydrogen-bond donors (Lipinski definition) is 2. The van der Waals surface area contributed by atoms with Crippen LogP contribution < -0.4 is 10.6 Å². The lowest BCUT2D eigenvalue weighted by molar-refractivity contribution is -0.126. The molecule has 8 nitrogen and oxygen atoms in total. The first-order valence-corrected chi connectivity index (χ1v) is 11.0. The van der Waals surface area contributed by atoms with Crippen LogP contribution in [0.2, 0.25) is 0 Å². The van der Waals surface area contributed by atoms with Crippen molar-refractivity contribution in [1.82, 2.24) is 25.3 Å². The number of nitrogens with zero attached hydrogens (tertiary/aromatic N) is 3. The van der Waals surface area contributed by atoms with Crippen LogP contribution in [0.4, 0.5) is 0 Å². The highest BCUT2D eigenvalue weighted by Crippen LogP contribution is 2.15. The third-order valence-corrected chi connectivity index (χ3v) is 5.61. The van der Waals surface area contributed by atoms with E-state index in [2.05, 4.69) is 15.7 Å². The fourth-order valence-corrected chi connectivity index (χ4v) is 3.82. The van der Waals surface area contributed by atoms with Crippen LogP contribution in [0.5, 0.6) is 0 Å². The molecule has 1 aromatic carbocycles. The number of amides is 3. The molecule has 166 valence electrons. The number of nitrogens with one attached hydrogen (secondary N) is 2. The average molecular weight is 426 g/mol. The summed E-state index contributed by atoms with van der Waals surface area (Å²) in [5.41, 5.74) is 1.57. The van der Waals surface area contributed by atoms with Gasteiger partial charge in [-0.15, -0.1) is 0 Å². The van der Waals surface area contributed by atoms with Crippen LogP contribution in [0.25, 0.3) is 0 Å². The molecule has 0 bridgehead atoms. The van der Waals surface area contributed by atoms with Gasteiger partial charge in [0.05, 0.1) is 0 Å². The Hall–Kier alpha value is -3.16. The second-order valence-corrected chi connectivity index (χ2v) is 7.76. The van der Waals surface area contributed by atoms with Gasteiger partial charge in [0.25, 0.3) is 5.91 Å². The van der Waals surface area contributed by atoms with E-state index in [1.807, 2.05) is 37.3 Å². The van der Waals surface area contributed by atoms with Gasteiger partial charge in [-0.2, -0.15) is 5.10 Å². The van der Waals surface area contributed by atoms with E-state index in [9.17, 15) is 14.4 Å². The molecule has 1 saturated heterocycles. The van der Waals surface area contributed by atoms with Crippen molar-refractivity contribution in [2.45, 2.75) is 45.7 Å². The van der Waals surface area contributed by atoms with Crippen LogP contribution in [0.15, 0.2) is 42.6 Å². The molecule has 2 aromatic rings. The van der Waals surface area contributed by atoms with E-state index in [0.29, 0.717) is 57.7 Å². The Bertz CT molecular complexity index is 880. The van der Waals surface area contributed by atoms with Crippen molar-refractivity contribution < 1.29 is 14.4 Å². The Kier molecular flexibility index (Phi) is 8.20. The van der Waals surface area contributed by atoms with Crippen LogP contribution in [0, 0.1) is 5.92 Å². The van der Waals surface area contributed by atoms with E-state index in [0.717, 1.165) is 5.56 Å². The van der Waals surface area contributed by atoms with Gasteiger partial charge in [0.2, 0.25) is 11.8 Å². The third-order valence-electron chi connectivity index (χ3n) is 5.61. The van der Waals surface area contributed by atoms with Gasteiger partial charge in [-0.1, -0.05) is 30.3 Å². The Morgan fingerprint density at radius 1 is 1.16 bits per heavy atom. The van der Waals surface area contributed by atoms with Crippen molar-refractivity contribution in [3.05, 3.63) is 53.9 Å². The van der Waals surface area contributed by atoms with Crippen molar-refractivity contribution in [2.24, 2.45) is 5.92 Å². The van der Waals surface area contributed by atoms with E-state index in [1.54, 1.807) is 21.8 Å². The molecule has 1 aliphatic heterocycles. The monoisotopic (exact) mass is 425 g/mol. The lowest BCUT2D eigenvalue weighted by Gasteiger charge is -2.23. The Labute approximate surface area is 183 Å². The first-order chi connectivity index (χ1) is 15.1. The summed E-state index contributed by atoms with van der Waals surface area (Å²) in [5.74, 6) is -0.455. The van der Waals surface area contributed by atoms with E-state index in [4.69, 9.17) is 0 Å². The molecule has 0 radical (unpaired) electrons. The fraction of sp³-hybridized carbons (Fsp3) is 0.478. The number of aryl methyl sites for hydroxylation is 1. The van der Waals surface area contributed by atoms with Gasteiger partial charge in [-0.05, 0) is 37.8 Å². The summed E-state index contributed by atoms with van der Waals surface area (Å²) in [6, 6.07) is 11.5. The molecule has 1 unspecified atom stereocenters. The number of aromatic nitrogens is 2. The van der Waals surface area contributed by atoms with Crippen LogP contribution in [-0.2, 0) is 22.7 Å². The first-order valence-electron chi connectivity index (χ1n) is 11.0. The smallest absolute Gasteiger partial charge is 0.272 e. The normalized spacial score (nSPS) is 18.0. The van der Waals surface area contributed by atoms with Crippen molar-refractivity contribution in [3.63, 3.8) is 0 Å². The van der Waals surface area contributed by atoms with Gasteiger partial charge in [-0.3, -0.25) is 19.1 Å². The van der Waals surface area contributed by atoms with Gasteiger partial charge >= 0.3 is 0 Å². The molecule has 0 aliphatic carbocycles. The summed E-state index contributed by atoms with van der Waals surface area (Å²) in [5, 5.41) is 10.1. The summed E-state index contributed by atoms with van der Waals surface area (Å²) >= 11 is 0. The molecule has 1 atom stereocenters. The summed E-state index contributed by atoms with van der Waals surface area (Å²) in [6.07, 6.45) is 3.81. The maximum Gasteiger partial charge on any atom is 0.272 e. The average Bonchev–Trinajstić information content (AvgIpc) is 3.26. The highest BCUT2D eigenvalue weighted by molar-refractivity contribution is 5.92. The molecule has 0 saturated carbocycles. The van der Waals surface area contributed by atoms with Crippen molar-refractivity contribution in [2.75, 3.05) is 19.6 Å². The maximum atomic E-state index is 13.0. The third kappa shape index (κ3) is 6.41. The predicted molar refractivity (Wildman–Crippen MR) is 117 cm³/mol. The van der Waals surface area contributed by atoms with Gasteiger partial charge in [0, 0.05) is 51.3 Å². The molecule has 1 aromatic heterocycles. The highest BCUT2D eigenvalue weighted by Gasteiger charge is 2.23. The molecule has 1 fully saturated rings. The minimum Gasteiger partial charge on any atom is -0.356 e. The van der Waals surface area contributed by atoms with Crippen molar-refractivity contribution in [3.8, 4) is 0 Å². The number of carbonyl (C=O) groups is 3. The SMILES string of the molecule is CCn1nccc1C(=O)N1CCCC(C(=O)NCc2ccccc2)CCNC(=O)CC1. The zero-order valence-electron chi connectivity index (χ0n) is 18.0. The molecule has 2 heterocycles. The molecule has 31 heavy (non-hydrogen) atoms. The van der Waals surface area contributed by atoms with E-state index in [-0.39, 0.29) is 30.1 Å². The second kappa shape index (κ2) is 11.3. The minimum atomic E-state index is -0.208. The Morgan fingerprint density at radius 3 is 2.74 bits per heavy atom. The van der Waals surface area contributed by atoms with E-state index < -0.39 is 0 Å². The number of rotatable bonds is 5. The van der Waals surface area contributed by atoms with Gasteiger partial charge < -0.3 is 15.5 Å². The zero-order valence-corrected chi connectivity index (χ0v) is 18.0. The summed E-state index contributed by atoms with van der Waals surface area (Å²) in [7, 11) is 0. The summed E-state index contributed by atoms with van der Waals surface area (Å²) < 4.78 is 1.66. The van der Waals surface area contributed by atoms with Crippen LogP contribution >= 0.6 is 0 Å². The number of hydrogen-bond acceptors (Lipinski definition) is 4. The topological polar surface area (TPSA) is 96.3 Å². The van der Waals surface area contributed by atoms with Gasteiger partial charge in [0.1, 0.15) is 5.69 Å². The lowest BCUT2D eigenvalue weighted by Crippen LogP contribution is -2.36. The quantitative estimate of drug-likeness (QED) is 0.766. The predicted octanol–water partition coefficient (Wildman–Crippen LogP) is 1.97. The summed E-state index contributed by atoms with van der Waals surface area (Å²) in [4.78, 5) is 39.7. The standard InChI is InChI=1S/C23H31N5O3/c1-2-28-20(11-14-26-28)23(31)27-15-6-9-19(10-13-24-21(29)12-16-27)22(30)25-17-18-7-4-3-5-8-18/h3-5,7-8,11,14,19H,2,6,9-10,12-13,15-17H2,1H3,(H,24,29)(H,25,30). The molecule has 3 rings (SSSR count). The number of carbonyl (C=O) groups excluding carboxylic acids is 3. The molecule has 2 N–H and O–H groups in total. The van der Waals surface area contributed by atoms with Crippen LogP contribution in [-0.4, -0.2) is 52.0 Å². The van der Waals surface area contributed by atoms with Gasteiger partial charge in [-0.25, -0.2) is 0 Å². The summed E-state index contributed by atoms with van der Waals surface area (Å²) in [6.45, 7) is 4.33. The zero-order chi connectivity index (χ0) is 22.1. The number of benzene rings is 1. The lowest BCUT2D eigenvalue weighted by atomic mass is 9.98. The Morgan fingerprint density at radius 2 is 1.97 bits per heavy atom. The van der Waals surface area contributed by atoms with Crippen LogP contribution in [0.3, 0.4) is 0 Å². The minimum absolute atomic E-state index is 0.0146. The van der Waals surface area contributed by atoms with E-state index in [1.165, 1.54) is 0 Å². The van der Waals surface area contributed by atoms with Crippen molar-refractivity contribution >= 4 is 17.7 Å². The van der Waals surface area contributed by atoms with Gasteiger partial charge in [0.15, 0.2) is 0 Å². The fourth-order valence-electron chi connectivity index (χ4n) is 3.82. The Balaban J connectivity index is 1.62. The second-order valence-electron chi connectivity index (χ2n) is 7.76. The highest BCUT2D eigenvalue weighted by atomic mass is 16.2. The largest absolute Gasteiger partial charge is 0.356 e. The van der Waals surface area contributed by atoms with Crippen molar-refractivity contribution in [1.29, 1.82) is 0 Å². The molecule has 0 spiro atoms. The molecule has 1 aliphatic rings. The van der Waals surface area contributed by atoms with E-state index >= 15 is 0 Å².